The Kier molecular flexibility index (Phi) is 3.69. The molecule has 1 heterocycles. The fourth-order valence-corrected chi connectivity index (χ4v) is 1.72. The number of piperidine rings is 1. The van der Waals surface area contributed by atoms with Gasteiger partial charge in [-0.15, -0.1) is 0 Å². The molecule has 70 valence electrons. The molecule has 2 atom stereocenters. The van der Waals surface area contributed by atoms with Crippen LogP contribution >= 0.6 is 0 Å². The van der Waals surface area contributed by atoms with Gasteiger partial charge in [0.1, 0.15) is 5.78 Å². The quantitative estimate of drug-likeness (QED) is 0.680. The van der Waals surface area contributed by atoms with E-state index in [1.807, 2.05) is 0 Å². The summed E-state index contributed by atoms with van der Waals surface area (Å²) in [7, 11) is 1.71. The minimum Gasteiger partial charge on any atom is -0.380 e. The Morgan fingerprint density at radius 1 is 1.67 bits per heavy atom. The van der Waals surface area contributed by atoms with Crippen LogP contribution in [-0.4, -0.2) is 31.6 Å². The highest BCUT2D eigenvalue weighted by molar-refractivity contribution is 5.76. The van der Waals surface area contributed by atoms with Gasteiger partial charge in [0.15, 0.2) is 0 Å². The third-order valence-electron chi connectivity index (χ3n) is 2.33. The molecule has 12 heavy (non-hydrogen) atoms. The average Bonchev–Trinajstić information content (AvgIpc) is 2.04. The van der Waals surface area contributed by atoms with Gasteiger partial charge < -0.3 is 10.1 Å². The van der Waals surface area contributed by atoms with Crippen molar-refractivity contribution in [3.8, 4) is 0 Å². The van der Waals surface area contributed by atoms with Crippen molar-refractivity contribution in [2.45, 2.75) is 38.3 Å². The van der Waals surface area contributed by atoms with E-state index < -0.39 is 0 Å². The van der Waals surface area contributed by atoms with Crippen LogP contribution in [0.2, 0.25) is 0 Å². The molecule has 0 unspecified atom stereocenters. The van der Waals surface area contributed by atoms with E-state index in [4.69, 9.17) is 4.74 Å². The Morgan fingerprint density at radius 2 is 2.42 bits per heavy atom. The summed E-state index contributed by atoms with van der Waals surface area (Å²) in [5.74, 6) is 0.233. The zero-order chi connectivity index (χ0) is 8.97. The van der Waals surface area contributed by atoms with Gasteiger partial charge in [-0.05, 0) is 26.3 Å². The summed E-state index contributed by atoms with van der Waals surface area (Å²) in [5, 5.41) is 3.31. The lowest BCUT2D eigenvalue weighted by Crippen LogP contribution is -2.46. The highest BCUT2D eigenvalue weighted by Gasteiger charge is 2.24. The number of nitrogens with one attached hydrogen (secondary N) is 1. The van der Waals surface area contributed by atoms with Crippen LogP contribution < -0.4 is 5.32 Å². The average molecular weight is 171 g/mol. The summed E-state index contributed by atoms with van der Waals surface area (Å²) in [6.45, 7) is 2.64. The van der Waals surface area contributed by atoms with Crippen LogP contribution in [0.1, 0.15) is 26.2 Å². The summed E-state index contributed by atoms with van der Waals surface area (Å²) in [5.41, 5.74) is 0. The van der Waals surface area contributed by atoms with E-state index in [2.05, 4.69) is 5.32 Å². The molecule has 3 heteroatoms. The van der Waals surface area contributed by atoms with Gasteiger partial charge in [0, 0.05) is 19.6 Å². The molecule has 1 saturated heterocycles. The maximum Gasteiger partial charge on any atom is 0.131 e. The first kappa shape index (κ1) is 9.68. The predicted molar refractivity (Wildman–Crippen MR) is 47.1 cm³/mol. The molecule has 3 nitrogen and oxygen atoms in total. The molecule has 0 radical (unpaired) electrons. The number of ketones is 1. The van der Waals surface area contributed by atoms with Crippen molar-refractivity contribution < 1.29 is 9.53 Å². The number of carbonyl (C=O) groups is 1. The number of Topliss-reactive ketones (excluding diaryl/α,β-unsaturated/α-hetero) is 1. The summed E-state index contributed by atoms with van der Waals surface area (Å²) in [4.78, 5) is 10.9. The van der Waals surface area contributed by atoms with Crippen LogP contribution in [0, 0.1) is 0 Å². The topological polar surface area (TPSA) is 38.3 Å². The number of carbonyl (C=O) groups excluding carboxylic acids is 1. The van der Waals surface area contributed by atoms with E-state index in [-0.39, 0.29) is 17.9 Å². The molecule has 1 fully saturated rings. The normalized spacial score (nSPS) is 30.2. The Hall–Kier alpha value is -0.410. The molecule has 0 aromatic rings. The van der Waals surface area contributed by atoms with E-state index in [9.17, 15) is 4.79 Å². The first-order valence-corrected chi connectivity index (χ1v) is 4.49. The highest BCUT2D eigenvalue weighted by atomic mass is 16.5. The Bertz CT molecular complexity index is 159. The molecule has 0 aromatic carbocycles. The molecule has 0 aliphatic carbocycles. The Balaban J connectivity index is 2.41. The van der Waals surface area contributed by atoms with Crippen LogP contribution in [0.25, 0.3) is 0 Å². The minimum atomic E-state index is 0.225. The van der Waals surface area contributed by atoms with Crippen LogP contribution in [0.15, 0.2) is 0 Å². The zero-order valence-corrected chi connectivity index (χ0v) is 7.80. The van der Waals surface area contributed by atoms with Crippen molar-refractivity contribution in [3.63, 3.8) is 0 Å². The lowest BCUT2D eigenvalue weighted by atomic mass is 9.97. The molecule has 1 N–H and O–H groups in total. The zero-order valence-electron chi connectivity index (χ0n) is 7.80. The van der Waals surface area contributed by atoms with Crippen molar-refractivity contribution in [1.82, 2.24) is 5.32 Å². The molecular weight excluding hydrogens is 154 g/mol. The second-order valence-electron chi connectivity index (χ2n) is 3.38. The third-order valence-corrected chi connectivity index (χ3v) is 2.33. The largest absolute Gasteiger partial charge is 0.380 e. The van der Waals surface area contributed by atoms with E-state index in [0.29, 0.717) is 6.42 Å². The number of rotatable bonds is 3. The second kappa shape index (κ2) is 4.58. The van der Waals surface area contributed by atoms with Crippen LogP contribution in [-0.2, 0) is 9.53 Å². The van der Waals surface area contributed by atoms with E-state index >= 15 is 0 Å². The summed E-state index contributed by atoms with van der Waals surface area (Å²) in [6.07, 6.45) is 3.04. The van der Waals surface area contributed by atoms with Crippen molar-refractivity contribution in [1.29, 1.82) is 0 Å². The molecule has 0 amide bonds. The van der Waals surface area contributed by atoms with Crippen molar-refractivity contribution in [3.05, 3.63) is 0 Å². The van der Waals surface area contributed by atoms with Gasteiger partial charge in [0.2, 0.25) is 0 Å². The molecule has 1 aliphatic heterocycles. The fraction of sp³-hybridized carbons (Fsp3) is 0.889. The number of ether oxygens (including phenoxy) is 1. The smallest absolute Gasteiger partial charge is 0.131 e. The Morgan fingerprint density at radius 3 is 3.00 bits per heavy atom. The molecule has 0 aromatic heterocycles. The lowest BCUT2D eigenvalue weighted by Gasteiger charge is -2.30. The number of hydrogen-bond donors (Lipinski definition) is 1. The molecule has 0 bridgehead atoms. The van der Waals surface area contributed by atoms with E-state index in [0.717, 1.165) is 19.4 Å². The minimum absolute atomic E-state index is 0.225. The van der Waals surface area contributed by atoms with Gasteiger partial charge >= 0.3 is 0 Å². The molecule has 1 aliphatic rings. The predicted octanol–water partition coefficient (Wildman–Crippen LogP) is 0.732. The van der Waals surface area contributed by atoms with Gasteiger partial charge in [-0.3, -0.25) is 4.79 Å². The highest BCUT2D eigenvalue weighted by Crippen LogP contribution is 2.14. The van der Waals surface area contributed by atoms with Gasteiger partial charge in [-0.2, -0.15) is 0 Å². The monoisotopic (exact) mass is 171 g/mol. The number of methoxy groups -OCH3 is 1. The van der Waals surface area contributed by atoms with Gasteiger partial charge in [0.05, 0.1) is 6.10 Å². The summed E-state index contributed by atoms with van der Waals surface area (Å²) >= 11 is 0. The maximum absolute atomic E-state index is 10.9. The van der Waals surface area contributed by atoms with Crippen LogP contribution in [0.4, 0.5) is 0 Å². The maximum atomic E-state index is 10.9. The summed E-state index contributed by atoms with van der Waals surface area (Å²) < 4.78 is 5.29. The standard InChI is InChI=1S/C9H17NO2/c1-7(11)6-8-9(12-2)4-3-5-10-8/h8-10H,3-6H2,1-2H3/t8-,9-/m0/s1. The first-order valence-electron chi connectivity index (χ1n) is 4.49. The van der Waals surface area contributed by atoms with Crippen molar-refractivity contribution >= 4 is 5.78 Å². The SMILES string of the molecule is CO[C@H]1CCCN[C@H]1CC(C)=O. The molecule has 1 rings (SSSR count). The fourth-order valence-electron chi connectivity index (χ4n) is 1.72. The van der Waals surface area contributed by atoms with Gasteiger partial charge in [-0.1, -0.05) is 0 Å². The van der Waals surface area contributed by atoms with Crippen LogP contribution in [0.5, 0.6) is 0 Å². The van der Waals surface area contributed by atoms with E-state index in [1.165, 1.54) is 0 Å². The first-order chi connectivity index (χ1) is 5.74. The van der Waals surface area contributed by atoms with E-state index in [1.54, 1.807) is 14.0 Å². The lowest BCUT2D eigenvalue weighted by molar-refractivity contribution is -0.118. The van der Waals surface area contributed by atoms with Gasteiger partial charge in [0.25, 0.3) is 0 Å². The molecular formula is C9H17NO2. The van der Waals surface area contributed by atoms with Crippen LogP contribution in [0.3, 0.4) is 0 Å². The van der Waals surface area contributed by atoms with Gasteiger partial charge in [-0.25, -0.2) is 0 Å². The molecule has 0 saturated carbocycles. The molecule has 0 spiro atoms. The summed E-state index contributed by atoms with van der Waals surface area (Å²) in [6, 6.07) is 0.237. The number of hydrogen-bond acceptors (Lipinski definition) is 3. The van der Waals surface area contributed by atoms with Crippen molar-refractivity contribution in [2.24, 2.45) is 0 Å². The van der Waals surface area contributed by atoms with Crippen molar-refractivity contribution in [2.75, 3.05) is 13.7 Å². The third kappa shape index (κ3) is 2.57. The second-order valence-corrected chi connectivity index (χ2v) is 3.38. The Labute approximate surface area is 73.5 Å².